The Hall–Kier alpha value is -1.84. The van der Waals surface area contributed by atoms with Crippen LogP contribution < -0.4 is 4.90 Å². The highest BCUT2D eigenvalue weighted by Crippen LogP contribution is 2.44. The summed E-state index contributed by atoms with van der Waals surface area (Å²) in [7, 11) is 0. The lowest BCUT2D eigenvalue weighted by Crippen LogP contribution is -2.44. The van der Waals surface area contributed by atoms with Crippen LogP contribution in [0.3, 0.4) is 0 Å². The van der Waals surface area contributed by atoms with E-state index in [1.807, 2.05) is 38.1 Å². The van der Waals surface area contributed by atoms with Crippen LogP contribution in [0.1, 0.15) is 38.2 Å². The van der Waals surface area contributed by atoms with Gasteiger partial charge in [0.1, 0.15) is 0 Å². The molecule has 1 aliphatic carbocycles. The predicted molar refractivity (Wildman–Crippen MR) is 77.7 cm³/mol. The zero-order valence-corrected chi connectivity index (χ0v) is 12.1. The molecular weight excluding hydrogens is 254 g/mol. The van der Waals surface area contributed by atoms with Crippen molar-refractivity contribution in [3.05, 3.63) is 29.8 Å². The van der Waals surface area contributed by atoms with Gasteiger partial charge in [-0.2, -0.15) is 0 Å². The van der Waals surface area contributed by atoms with Gasteiger partial charge in [0.25, 0.3) is 0 Å². The summed E-state index contributed by atoms with van der Waals surface area (Å²) >= 11 is 0. The molecule has 0 aromatic heterocycles. The van der Waals surface area contributed by atoms with Crippen LogP contribution in [0.5, 0.6) is 0 Å². The lowest BCUT2D eigenvalue weighted by molar-refractivity contribution is -0.157. The van der Waals surface area contributed by atoms with Crippen molar-refractivity contribution in [3.63, 3.8) is 0 Å². The standard InChI is InChI=1S/C16H21NO3/c1-3-17(13-7-4-6-12(2)10-13)14(18)11-16(15(19)20)8-5-9-16/h4,6-7,10H,3,5,8-9,11H2,1-2H3,(H,19,20). The summed E-state index contributed by atoms with van der Waals surface area (Å²) in [6.07, 6.45) is 2.22. The number of aliphatic carboxylic acids is 1. The van der Waals surface area contributed by atoms with Crippen molar-refractivity contribution in [2.24, 2.45) is 5.41 Å². The van der Waals surface area contributed by atoms with Crippen molar-refractivity contribution in [3.8, 4) is 0 Å². The summed E-state index contributed by atoms with van der Waals surface area (Å²) < 4.78 is 0. The average molecular weight is 275 g/mol. The van der Waals surface area contributed by atoms with Gasteiger partial charge in [0.15, 0.2) is 0 Å². The van der Waals surface area contributed by atoms with Gasteiger partial charge in [0.05, 0.1) is 5.41 Å². The number of carboxylic acid groups (broad SMARTS) is 1. The average Bonchev–Trinajstić information content (AvgIpc) is 2.34. The molecule has 0 saturated heterocycles. The number of carbonyl (C=O) groups excluding carboxylic acids is 1. The third-order valence-corrected chi connectivity index (χ3v) is 4.18. The lowest BCUT2D eigenvalue weighted by Gasteiger charge is -2.38. The van der Waals surface area contributed by atoms with Crippen LogP contribution in [0.2, 0.25) is 0 Å². The van der Waals surface area contributed by atoms with Crippen molar-refractivity contribution in [2.45, 2.75) is 39.5 Å². The molecule has 20 heavy (non-hydrogen) atoms. The Bertz CT molecular complexity index is 520. The molecule has 108 valence electrons. The fourth-order valence-corrected chi connectivity index (χ4v) is 2.75. The minimum absolute atomic E-state index is 0.0970. The highest BCUT2D eigenvalue weighted by Gasteiger charge is 2.46. The lowest BCUT2D eigenvalue weighted by atomic mass is 9.66. The maximum absolute atomic E-state index is 12.5. The van der Waals surface area contributed by atoms with Crippen molar-refractivity contribution < 1.29 is 14.7 Å². The molecule has 2 rings (SSSR count). The zero-order chi connectivity index (χ0) is 14.8. The zero-order valence-electron chi connectivity index (χ0n) is 12.1. The van der Waals surface area contributed by atoms with Gasteiger partial charge in [-0.3, -0.25) is 9.59 Å². The summed E-state index contributed by atoms with van der Waals surface area (Å²) in [5.41, 5.74) is 1.11. The van der Waals surface area contributed by atoms with Gasteiger partial charge in [0.2, 0.25) is 5.91 Å². The molecule has 1 saturated carbocycles. The number of benzene rings is 1. The number of hydrogen-bond donors (Lipinski definition) is 1. The minimum Gasteiger partial charge on any atom is -0.481 e. The molecular formula is C16H21NO3. The molecule has 0 aliphatic heterocycles. The Morgan fingerprint density at radius 3 is 2.50 bits per heavy atom. The van der Waals surface area contributed by atoms with Crippen molar-refractivity contribution in [1.82, 2.24) is 0 Å². The van der Waals surface area contributed by atoms with Crippen LogP contribution >= 0.6 is 0 Å². The summed E-state index contributed by atoms with van der Waals surface area (Å²) in [5.74, 6) is -0.933. The van der Waals surface area contributed by atoms with E-state index in [4.69, 9.17) is 0 Å². The highest BCUT2D eigenvalue weighted by atomic mass is 16.4. The first-order valence-corrected chi connectivity index (χ1v) is 7.09. The van der Waals surface area contributed by atoms with Gasteiger partial charge in [-0.15, -0.1) is 0 Å². The van der Waals surface area contributed by atoms with Crippen LogP contribution in [0.15, 0.2) is 24.3 Å². The summed E-state index contributed by atoms with van der Waals surface area (Å²) in [5, 5.41) is 9.33. The van der Waals surface area contributed by atoms with Gasteiger partial charge in [0, 0.05) is 18.7 Å². The molecule has 1 N–H and O–H groups in total. The Morgan fingerprint density at radius 1 is 1.35 bits per heavy atom. The van der Waals surface area contributed by atoms with E-state index in [2.05, 4.69) is 0 Å². The van der Waals surface area contributed by atoms with Crippen LogP contribution in [-0.4, -0.2) is 23.5 Å². The summed E-state index contributed by atoms with van der Waals surface area (Å²) in [6.45, 7) is 4.44. The Morgan fingerprint density at radius 2 is 2.05 bits per heavy atom. The molecule has 0 radical (unpaired) electrons. The normalized spacial score (nSPS) is 16.3. The van der Waals surface area contributed by atoms with Gasteiger partial charge in [-0.25, -0.2) is 0 Å². The quantitative estimate of drug-likeness (QED) is 0.898. The van der Waals surface area contributed by atoms with E-state index in [-0.39, 0.29) is 12.3 Å². The van der Waals surface area contributed by atoms with Gasteiger partial charge in [-0.05, 0) is 44.4 Å². The molecule has 1 aliphatic rings. The molecule has 1 aromatic carbocycles. The molecule has 0 spiro atoms. The third kappa shape index (κ3) is 2.69. The van der Waals surface area contributed by atoms with E-state index >= 15 is 0 Å². The third-order valence-electron chi connectivity index (χ3n) is 4.18. The smallest absolute Gasteiger partial charge is 0.310 e. The van der Waals surface area contributed by atoms with Crippen LogP contribution in [0.4, 0.5) is 5.69 Å². The van der Waals surface area contributed by atoms with Crippen LogP contribution in [-0.2, 0) is 9.59 Å². The monoisotopic (exact) mass is 275 g/mol. The van der Waals surface area contributed by atoms with Crippen molar-refractivity contribution in [2.75, 3.05) is 11.4 Å². The van der Waals surface area contributed by atoms with Crippen molar-refractivity contribution >= 4 is 17.6 Å². The number of aryl methyl sites for hydroxylation is 1. The topological polar surface area (TPSA) is 57.6 Å². The first-order valence-electron chi connectivity index (χ1n) is 7.09. The van der Waals surface area contributed by atoms with E-state index in [9.17, 15) is 14.7 Å². The SMILES string of the molecule is CCN(C(=O)CC1(C(=O)O)CCC1)c1cccc(C)c1. The minimum atomic E-state index is -0.836. The number of nitrogens with zero attached hydrogens (tertiary/aromatic N) is 1. The molecule has 1 aromatic rings. The molecule has 0 bridgehead atoms. The van der Waals surface area contributed by atoms with Gasteiger partial charge in [-0.1, -0.05) is 18.6 Å². The second-order valence-corrected chi connectivity index (χ2v) is 5.59. The summed E-state index contributed by atoms with van der Waals surface area (Å²) in [4.78, 5) is 25.5. The number of amides is 1. The molecule has 1 amide bonds. The molecule has 0 unspecified atom stereocenters. The van der Waals surface area contributed by atoms with Crippen molar-refractivity contribution in [1.29, 1.82) is 0 Å². The van der Waals surface area contributed by atoms with E-state index in [1.165, 1.54) is 0 Å². The number of hydrogen-bond acceptors (Lipinski definition) is 2. The maximum Gasteiger partial charge on any atom is 0.310 e. The second kappa shape index (κ2) is 5.65. The molecule has 0 heterocycles. The largest absolute Gasteiger partial charge is 0.481 e. The van der Waals surface area contributed by atoms with E-state index < -0.39 is 11.4 Å². The van der Waals surface area contributed by atoms with Gasteiger partial charge >= 0.3 is 5.97 Å². The van der Waals surface area contributed by atoms with Crippen LogP contribution in [0, 0.1) is 12.3 Å². The number of rotatable bonds is 5. The van der Waals surface area contributed by atoms with E-state index in [1.54, 1.807) is 4.90 Å². The van der Waals surface area contributed by atoms with Crippen LogP contribution in [0.25, 0.3) is 0 Å². The Kier molecular flexibility index (Phi) is 4.12. The fourth-order valence-electron chi connectivity index (χ4n) is 2.75. The number of carboxylic acids is 1. The Labute approximate surface area is 119 Å². The number of carbonyl (C=O) groups is 2. The first kappa shape index (κ1) is 14.6. The first-order chi connectivity index (χ1) is 9.48. The molecule has 0 atom stereocenters. The Balaban J connectivity index is 2.16. The molecule has 4 nitrogen and oxygen atoms in total. The second-order valence-electron chi connectivity index (χ2n) is 5.59. The predicted octanol–water partition coefficient (Wildman–Crippen LogP) is 2.99. The molecule has 4 heteroatoms. The fraction of sp³-hybridized carbons (Fsp3) is 0.500. The van der Waals surface area contributed by atoms with Gasteiger partial charge < -0.3 is 10.0 Å². The molecule has 1 fully saturated rings. The van der Waals surface area contributed by atoms with E-state index in [0.717, 1.165) is 17.7 Å². The van der Waals surface area contributed by atoms with E-state index in [0.29, 0.717) is 19.4 Å². The summed E-state index contributed by atoms with van der Waals surface area (Å²) in [6, 6.07) is 7.74. The number of anilines is 1. The highest BCUT2D eigenvalue weighted by molar-refractivity contribution is 5.96. The maximum atomic E-state index is 12.5.